The molecular weight excluding hydrogens is 366 g/mol. The molecule has 0 unspecified atom stereocenters. The summed E-state index contributed by atoms with van der Waals surface area (Å²) in [4.78, 5) is 19.1. The topological polar surface area (TPSA) is 49.8 Å². The highest BCUT2D eigenvalue weighted by atomic mass is 35.5. The average molecular weight is 389 g/mol. The summed E-state index contributed by atoms with van der Waals surface area (Å²) in [7, 11) is 1.85. The van der Waals surface area contributed by atoms with Crippen LogP contribution in [0.5, 0.6) is 0 Å². The van der Waals surface area contributed by atoms with Gasteiger partial charge in [0.2, 0.25) is 0 Å². The van der Waals surface area contributed by atoms with Gasteiger partial charge in [0.05, 0.1) is 16.3 Å². The number of halogens is 1. The number of carbonyl (C=O) groups is 1. The molecule has 136 valence electrons. The molecule has 0 bridgehead atoms. The van der Waals surface area contributed by atoms with E-state index in [1.54, 1.807) is 16.2 Å². The van der Waals surface area contributed by atoms with Crippen molar-refractivity contribution < 1.29 is 10.1 Å². The number of quaternary nitrogens is 1. The number of nitrogens with two attached hydrogens (primary N) is 1. The van der Waals surface area contributed by atoms with Crippen molar-refractivity contribution in [2.24, 2.45) is 0 Å². The van der Waals surface area contributed by atoms with Crippen molar-refractivity contribution in [2.75, 3.05) is 13.6 Å². The smallest absolute Gasteiger partial charge is 0.278 e. The first-order valence-corrected chi connectivity index (χ1v) is 9.85. The monoisotopic (exact) mass is 388 g/mol. The van der Waals surface area contributed by atoms with Crippen LogP contribution in [0, 0.1) is 0 Å². The molecule has 0 aliphatic rings. The molecule has 1 aromatic heterocycles. The summed E-state index contributed by atoms with van der Waals surface area (Å²) < 4.78 is 1.15. The molecule has 3 rings (SSSR count). The molecule has 0 aliphatic carbocycles. The molecule has 0 aliphatic heterocycles. The van der Waals surface area contributed by atoms with E-state index in [0.29, 0.717) is 6.54 Å². The predicted octanol–water partition coefficient (Wildman–Crippen LogP) is 3.79. The summed E-state index contributed by atoms with van der Waals surface area (Å²) in [6.07, 6.45) is 0. The van der Waals surface area contributed by atoms with Crippen LogP contribution in [0.4, 0.5) is 0 Å². The summed E-state index contributed by atoms with van der Waals surface area (Å²) in [5, 5.41) is 3.74. The molecule has 6 heteroatoms. The van der Waals surface area contributed by atoms with E-state index in [1.165, 1.54) is 0 Å². The van der Waals surface area contributed by atoms with Crippen molar-refractivity contribution in [2.45, 2.75) is 25.9 Å². The van der Waals surface area contributed by atoms with Gasteiger partial charge >= 0.3 is 0 Å². The summed E-state index contributed by atoms with van der Waals surface area (Å²) >= 11 is 7.58. The van der Waals surface area contributed by atoms with E-state index in [0.717, 1.165) is 25.8 Å². The molecule has 0 spiro atoms. The van der Waals surface area contributed by atoms with Crippen molar-refractivity contribution in [3.63, 3.8) is 0 Å². The van der Waals surface area contributed by atoms with Gasteiger partial charge in [-0.1, -0.05) is 35.9 Å². The number of hydrogen-bond donors (Lipinski definition) is 1. The minimum Gasteiger partial charge on any atom is -0.333 e. The second-order valence-corrected chi connectivity index (χ2v) is 7.98. The highest BCUT2D eigenvalue weighted by Crippen LogP contribution is 2.28. The Morgan fingerprint density at radius 2 is 1.88 bits per heavy atom. The van der Waals surface area contributed by atoms with Crippen molar-refractivity contribution in [1.29, 1.82) is 0 Å². The van der Waals surface area contributed by atoms with E-state index in [4.69, 9.17) is 11.6 Å². The molecule has 3 aromatic rings. The first kappa shape index (κ1) is 18.8. The largest absolute Gasteiger partial charge is 0.333 e. The maximum Gasteiger partial charge on any atom is 0.278 e. The van der Waals surface area contributed by atoms with E-state index in [2.05, 4.69) is 18.0 Å². The van der Waals surface area contributed by atoms with E-state index < -0.39 is 0 Å². The van der Waals surface area contributed by atoms with Crippen LogP contribution in [-0.4, -0.2) is 29.4 Å². The highest BCUT2D eigenvalue weighted by Gasteiger charge is 2.22. The number of carbonyl (C=O) groups excluding carboxylic acids is 1. The molecule has 26 heavy (non-hydrogen) atoms. The number of likely N-dealkylation sites (N-methyl/N-ethyl adjacent to an activating group) is 1. The second kappa shape index (κ2) is 8.16. The minimum absolute atomic E-state index is 0.0425. The first-order chi connectivity index (χ1) is 12.5. The molecule has 0 saturated carbocycles. The molecule has 0 fully saturated rings. The lowest BCUT2D eigenvalue weighted by Gasteiger charge is -2.23. The molecule has 2 atom stereocenters. The summed E-state index contributed by atoms with van der Waals surface area (Å²) in [5.41, 5.74) is 2.15. The summed E-state index contributed by atoms with van der Waals surface area (Å²) in [6.45, 7) is 4.52. The number of aromatic nitrogens is 1. The zero-order valence-corrected chi connectivity index (χ0v) is 16.7. The molecule has 1 amide bonds. The van der Waals surface area contributed by atoms with Crippen LogP contribution >= 0.6 is 22.9 Å². The second-order valence-electron chi connectivity index (χ2n) is 6.48. The number of para-hydroxylation sites is 1. The summed E-state index contributed by atoms with van der Waals surface area (Å²) in [5.74, 6) is 0.0950. The zero-order valence-electron chi connectivity index (χ0n) is 15.1. The van der Waals surface area contributed by atoms with Gasteiger partial charge in [-0.3, -0.25) is 4.79 Å². The van der Waals surface area contributed by atoms with Gasteiger partial charge in [-0.05, 0) is 38.1 Å². The molecule has 2 N–H and O–H groups in total. The lowest BCUT2D eigenvalue weighted by Crippen LogP contribution is -2.87. The molecule has 2 aromatic carbocycles. The molecule has 1 heterocycles. The standard InChI is InChI=1S/C20H22ClN3OS/c1-13(15-8-10-16(21)11-9-15)22-12-19(25)24(3)14(2)20-23-17-6-4-5-7-18(17)26-20/h4-11,13-14,22H,12H2,1-3H3/p+1/t13-,14+/m0/s1. The zero-order chi connectivity index (χ0) is 18.7. The number of nitrogens with zero attached hydrogens (tertiary/aromatic N) is 2. The van der Waals surface area contributed by atoms with E-state index in [1.807, 2.05) is 61.8 Å². The first-order valence-electron chi connectivity index (χ1n) is 8.65. The Balaban J connectivity index is 1.60. The van der Waals surface area contributed by atoms with Crippen molar-refractivity contribution in [3.8, 4) is 0 Å². The lowest BCUT2D eigenvalue weighted by atomic mass is 10.1. The Morgan fingerprint density at radius 1 is 1.19 bits per heavy atom. The molecule has 0 saturated heterocycles. The van der Waals surface area contributed by atoms with Gasteiger partial charge in [-0.15, -0.1) is 11.3 Å². The lowest BCUT2D eigenvalue weighted by molar-refractivity contribution is -0.683. The molecule has 0 radical (unpaired) electrons. The van der Waals surface area contributed by atoms with Gasteiger partial charge < -0.3 is 10.2 Å². The van der Waals surface area contributed by atoms with Crippen LogP contribution in [0.3, 0.4) is 0 Å². The highest BCUT2D eigenvalue weighted by molar-refractivity contribution is 7.18. The van der Waals surface area contributed by atoms with E-state index >= 15 is 0 Å². The van der Waals surface area contributed by atoms with E-state index in [-0.39, 0.29) is 18.0 Å². The number of thiazole rings is 1. The Kier molecular flexibility index (Phi) is 5.91. The Labute approximate surface area is 162 Å². The SMILES string of the molecule is C[C@H]([NH2+]CC(=O)N(C)[C@H](C)c1nc2ccccc2s1)c1ccc(Cl)cc1. The quantitative estimate of drug-likeness (QED) is 0.698. The van der Waals surface area contributed by atoms with Crippen LogP contribution in [0.25, 0.3) is 10.2 Å². The van der Waals surface area contributed by atoms with E-state index in [9.17, 15) is 4.79 Å². The van der Waals surface area contributed by atoms with Gasteiger partial charge in [-0.2, -0.15) is 0 Å². The third-order valence-electron chi connectivity index (χ3n) is 4.68. The van der Waals surface area contributed by atoms with Gasteiger partial charge in [0.25, 0.3) is 5.91 Å². The minimum atomic E-state index is -0.0425. The summed E-state index contributed by atoms with van der Waals surface area (Å²) in [6, 6.07) is 16.0. The number of benzene rings is 2. The van der Waals surface area contributed by atoms with Gasteiger partial charge in [0.1, 0.15) is 11.0 Å². The fourth-order valence-electron chi connectivity index (χ4n) is 2.77. The Hall–Kier alpha value is -1.95. The third kappa shape index (κ3) is 4.23. The average Bonchev–Trinajstić information content (AvgIpc) is 3.09. The normalized spacial score (nSPS) is 13.5. The fraction of sp³-hybridized carbons (Fsp3) is 0.300. The van der Waals surface area contributed by atoms with Crippen molar-refractivity contribution >= 4 is 39.1 Å². The maximum atomic E-state index is 12.6. The molecule has 4 nitrogen and oxygen atoms in total. The Bertz CT molecular complexity index is 860. The van der Waals surface area contributed by atoms with Gasteiger partial charge in [0.15, 0.2) is 6.54 Å². The van der Waals surface area contributed by atoms with Crippen LogP contribution in [-0.2, 0) is 4.79 Å². The number of amides is 1. The number of hydrogen-bond acceptors (Lipinski definition) is 3. The maximum absolute atomic E-state index is 12.6. The van der Waals surface area contributed by atoms with Crippen molar-refractivity contribution in [3.05, 3.63) is 64.1 Å². The fourth-order valence-corrected chi connectivity index (χ4v) is 3.96. The van der Waals surface area contributed by atoms with Crippen LogP contribution in [0.15, 0.2) is 48.5 Å². The van der Waals surface area contributed by atoms with Crippen LogP contribution in [0.2, 0.25) is 5.02 Å². The van der Waals surface area contributed by atoms with Gasteiger partial charge in [0, 0.05) is 17.6 Å². The van der Waals surface area contributed by atoms with Gasteiger partial charge in [-0.25, -0.2) is 4.98 Å². The van der Waals surface area contributed by atoms with Crippen molar-refractivity contribution in [1.82, 2.24) is 9.88 Å². The van der Waals surface area contributed by atoms with Crippen LogP contribution < -0.4 is 5.32 Å². The number of rotatable bonds is 6. The predicted molar refractivity (Wildman–Crippen MR) is 107 cm³/mol. The van der Waals surface area contributed by atoms with Crippen LogP contribution in [0.1, 0.15) is 36.5 Å². The molecular formula is C20H23ClN3OS+. The third-order valence-corrected chi connectivity index (χ3v) is 6.14. The number of fused-ring (bicyclic) bond motifs is 1. The Morgan fingerprint density at radius 3 is 2.58 bits per heavy atom.